The smallest absolute Gasteiger partial charge is 0.0591 e. The second kappa shape index (κ2) is 7.93. The molecule has 0 spiro atoms. The van der Waals surface area contributed by atoms with E-state index in [2.05, 4.69) is 40.7 Å². The largest absolute Gasteiger partial charge is 0.390 e. The Kier molecular flexibility index (Phi) is 6.05. The summed E-state index contributed by atoms with van der Waals surface area (Å²) in [5.74, 6) is 6.14. The van der Waals surface area contributed by atoms with Crippen molar-refractivity contribution in [3.05, 3.63) is 11.6 Å². The molecule has 0 radical (unpaired) electrons. The van der Waals surface area contributed by atoms with Gasteiger partial charge in [0, 0.05) is 0 Å². The summed E-state index contributed by atoms with van der Waals surface area (Å²) in [6, 6.07) is 0. The van der Waals surface area contributed by atoms with Crippen molar-refractivity contribution in [3.8, 4) is 0 Å². The summed E-state index contributed by atoms with van der Waals surface area (Å²) >= 11 is 0. The number of aliphatic hydroxyl groups is 1. The molecule has 30 heavy (non-hydrogen) atoms. The van der Waals surface area contributed by atoms with Crippen LogP contribution in [0.25, 0.3) is 0 Å². The summed E-state index contributed by atoms with van der Waals surface area (Å²) in [6.07, 6.45) is 16.2. The van der Waals surface area contributed by atoms with Gasteiger partial charge in [-0.15, -0.1) is 0 Å². The van der Waals surface area contributed by atoms with E-state index in [0.717, 1.165) is 47.8 Å². The van der Waals surface area contributed by atoms with Crippen molar-refractivity contribution in [2.75, 3.05) is 0 Å². The fourth-order valence-corrected chi connectivity index (χ4v) is 9.44. The molecule has 1 N–H and O–H groups in total. The molecule has 4 rings (SSSR count). The molecule has 0 aromatic rings. The van der Waals surface area contributed by atoms with Gasteiger partial charge >= 0.3 is 0 Å². The third kappa shape index (κ3) is 3.84. The molecule has 1 heteroatoms. The van der Waals surface area contributed by atoms with E-state index in [4.69, 9.17) is 0 Å². The lowest BCUT2D eigenvalue weighted by atomic mass is 9.44. The Morgan fingerprint density at radius 2 is 1.83 bits per heavy atom. The molecule has 0 aromatic carbocycles. The topological polar surface area (TPSA) is 20.2 Å². The molecular weight excluding hydrogens is 364 g/mol. The molecule has 172 valence electrons. The van der Waals surface area contributed by atoms with E-state index in [-0.39, 0.29) is 0 Å². The summed E-state index contributed by atoms with van der Waals surface area (Å²) in [4.78, 5) is 0. The SMILES string of the molecule is CC1CCC2=CC(C)[C@H]3[C@@H]4CC[C@H]([C@H](C)CCCC(C)(C)O)[C@@]4(C)CC[C@@H]3[C@@]2(C)C1. The van der Waals surface area contributed by atoms with E-state index in [1.54, 1.807) is 0 Å². The Balaban J connectivity index is 1.52. The van der Waals surface area contributed by atoms with Crippen LogP contribution in [0.2, 0.25) is 0 Å². The molecule has 4 aliphatic rings. The number of fused-ring (bicyclic) bond motifs is 5. The first-order valence-electron chi connectivity index (χ1n) is 13.4. The van der Waals surface area contributed by atoms with Gasteiger partial charge in [0.2, 0.25) is 0 Å². The van der Waals surface area contributed by atoms with Crippen molar-refractivity contribution in [1.82, 2.24) is 0 Å². The van der Waals surface area contributed by atoms with Gasteiger partial charge < -0.3 is 5.11 Å². The van der Waals surface area contributed by atoms with Crippen molar-refractivity contribution < 1.29 is 5.11 Å². The first-order valence-corrected chi connectivity index (χ1v) is 13.4. The van der Waals surface area contributed by atoms with Crippen molar-refractivity contribution >= 4 is 0 Å². The highest BCUT2D eigenvalue weighted by Crippen LogP contribution is 2.68. The minimum absolute atomic E-state index is 0.493. The van der Waals surface area contributed by atoms with Crippen LogP contribution < -0.4 is 0 Å². The fourth-order valence-electron chi connectivity index (χ4n) is 9.44. The zero-order valence-electron chi connectivity index (χ0n) is 21.1. The van der Waals surface area contributed by atoms with E-state index < -0.39 is 5.60 Å². The van der Waals surface area contributed by atoms with Crippen LogP contribution in [-0.4, -0.2) is 10.7 Å². The van der Waals surface area contributed by atoms with Crippen LogP contribution in [0.5, 0.6) is 0 Å². The molecule has 3 saturated carbocycles. The van der Waals surface area contributed by atoms with Gasteiger partial charge in [0.25, 0.3) is 0 Å². The van der Waals surface area contributed by atoms with Crippen LogP contribution in [0.15, 0.2) is 11.6 Å². The number of rotatable bonds is 5. The Bertz CT molecular complexity index is 656. The highest BCUT2D eigenvalue weighted by Gasteiger charge is 2.60. The Morgan fingerprint density at radius 3 is 2.53 bits per heavy atom. The maximum absolute atomic E-state index is 10.1. The van der Waals surface area contributed by atoms with E-state index >= 15 is 0 Å². The molecule has 2 unspecified atom stereocenters. The predicted octanol–water partition coefficient (Wildman–Crippen LogP) is 8.02. The molecule has 0 amide bonds. The maximum atomic E-state index is 10.1. The lowest BCUT2D eigenvalue weighted by Gasteiger charge is -2.60. The lowest BCUT2D eigenvalue weighted by molar-refractivity contribution is -0.0709. The normalized spacial score (nSPS) is 47.1. The van der Waals surface area contributed by atoms with E-state index in [0.29, 0.717) is 10.8 Å². The third-order valence-corrected chi connectivity index (χ3v) is 10.8. The minimum Gasteiger partial charge on any atom is -0.390 e. The molecule has 0 heterocycles. The monoisotopic (exact) mass is 414 g/mol. The van der Waals surface area contributed by atoms with E-state index in [1.165, 1.54) is 57.8 Å². The van der Waals surface area contributed by atoms with E-state index in [9.17, 15) is 5.11 Å². The third-order valence-electron chi connectivity index (χ3n) is 10.8. The molecule has 0 bridgehead atoms. The summed E-state index contributed by atoms with van der Waals surface area (Å²) in [5, 5.41) is 10.1. The summed E-state index contributed by atoms with van der Waals surface area (Å²) in [7, 11) is 0. The summed E-state index contributed by atoms with van der Waals surface area (Å²) < 4.78 is 0. The maximum Gasteiger partial charge on any atom is 0.0591 e. The second-order valence-corrected chi connectivity index (χ2v) is 13.5. The highest BCUT2D eigenvalue weighted by atomic mass is 16.3. The zero-order chi connectivity index (χ0) is 21.9. The summed E-state index contributed by atoms with van der Waals surface area (Å²) in [5.41, 5.74) is 2.37. The molecule has 3 fully saturated rings. The molecule has 4 aliphatic carbocycles. The average molecular weight is 415 g/mol. The predicted molar refractivity (Wildman–Crippen MR) is 128 cm³/mol. The van der Waals surface area contributed by atoms with Crippen LogP contribution in [0.3, 0.4) is 0 Å². The van der Waals surface area contributed by atoms with Crippen LogP contribution in [0.1, 0.15) is 113 Å². The van der Waals surface area contributed by atoms with Crippen molar-refractivity contribution in [1.29, 1.82) is 0 Å². The average Bonchev–Trinajstić information content (AvgIpc) is 2.98. The van der Waals surface area contributed by atoms with Crippen LogP contribution >= 0.6 is 0 Å². The molecule has 1 nitrogen and oxygen atoms in total. The van der Waals surface area contributed by atoms with Crippen LogP contribution in [-0.2, 0) is 0 Å². The molecule has 9 atom stereocenters. The fraction of sp³-hybridized carbons (Fsp3) is 0.931. The lowest BCUT2D eigenvalue weighted by Crippen LogP contribution is -2.52. The van der Waals surface area contributed by atoms with Gasteiger partial charge in [0.1, 0.15) is 0 Å². The van der Waals surface area contributed by atoms with Crippen LogP contribution in [0, 0.1) is 52.3 Å². The van der Waals surface area contributed by atoms with Crippen molar-refractivity contribution in [2.45, 2.75) is 118 Å². The van der Waals surface area contributed by atoms with Crippen molar-refractivity contribution in [2.24, 2.45) is 52.3 Å². The molecule has 0 saturated heterocycles. The van der Waals surface area contributed by atoms with E-state index in [1.807, 2.05) is 19.4 Å². The van der Waals surface area contributed by atoms with Gasteiger partial charge in [0.15, 0.2) is 0 Å². The molecule has 0 aromatic heterocycles. The molecular formula is C29H50O. The first kappa shape index (κ1) is 22.9. The quantitative estimate of drug-likeness (QED) is 0.451. The molecule has 0 aliphatic heterocycles. The van der Waals surface area contributed by atoms with Gasteiger partial charge in [-0.05, 0) is 117 Å². The van der Waals surface area contributed by atoms with Crippen LogP contribution in [0.4, 0.5) is 0 Å². The first-order chi connectivity index (χ1) is 14.0. The Labute approximate surface area is 187 Å². The summed E-state index contributed by atoms with van der Waals surface area (Å²) in [6.45, 7) is 16.9. The number of hydrogen-bond acceptors (Lipinski definition) is 1. The van der Waals surface area contributed by atoms with Gasteiger partial charge in [-0.1, -0.05) is 59.1 Å². The number of hydrogen-bond donors (Lipinski definition) is 1. The van der Waals surface area contributed by atoms with Crippen molar-refractivity contribution in [3.63, 3.8) is 0 Å². The Hall–Kier alpha value is -0.300. The van der Waals surface area contributed by atoms with Gasteiger partial charge in [-0.3, -0.25) is 0 Å². The second-order valence-electron chi connectivity index (χ2n) is 13.5. The zero-order valence-corrected chi connectivity index (χ0v) is 21.1. The Morgan fingerprint density at radius 1 is 1.10 bits per heavy atom. The van der Waals surface area contributed by atoms with Gasteiger partial charge in [0.05, 0.1) is 5.60 Å². The highest BCUT2D eigenvalue weighted by molar-refractivity contribution is 5.26. The number of allylic oxidation sites excluding steroid dienone is 2. The minimum atomic E-state index is -0.506. The van der Waals surface area contributed by atoms with Gasteiger partial charge in [-0.25, -0.2) is 0 Å². The standard InChI is InChI=1S/C29H50O/c1-19-10-11-22-17-21(3)26-24-13-12-23(20(2)9-8-15-27(4,5)30)28(24,6)16-14-25(26)29(22,7)18-19/h17,19-21,23-26,30H,8-16,18H2,1-7H3/t19?,20-,21?,23-,24+,25+,26+,28-,29+/m1/s1. The van der Waals surface area contributed by atoms with Gasteiger partial charge in [-0.2, -0.15) is 0 Å².